The molecule has 2 aromatic rings. The molecule has 0 radical (unpaired) electrons. The number of amides is 1. The van der Waals surface area contributed by atoms with E-state index in [1.807, 2.05) is 31.3 Å². The topological polar surface area (TPSA) is 93.5 Å². The van der Waals surface area contributed by atoms with Crippen molar-refractivity contribution in [2.45, 2.75) is 12.5 Å². The Hall–Kier alpha value is -3.02. The van der Waals surface area contributed by atoms with Gasteiger partial charge in [0.15, 0.2) is 0 Å². The van der Waals surface area contributed by atoms with Gasteiger partial charge in [0.1, 0.15) is 6.04 Å². The van der Waals surface area contributed by atoms with Crippen molar-refractivity contribution in [2.75, 3.05) is 25.2 Å². The first-order valence-electron chi connectivity index (χ1n) is 7.54. The zero-order valence-corrected chi connectivity index (χ0v) is 13.7. The summed E-state index contributed by atoms with van der Waals surface area (Å²) in [5.74, 6) is -0.839. The molecule has 0 aliphatic carbocycles. The summed E-state index contributed by atoms with van der Waals surface area (Å²) in [7, 11) is 3.13. The molecule has 0 saturated heterocycles. The van der Waals surface area contributed by atoms with Crippen molar-refractivity contribution in [3.63, 3.8) is 0 Å². The van der Waals surface area contributed by atoms with Crippen LogP contribution in [-0.4, -0.2) is 32.1 Å². The Morgan fingerprint density at radius 2 is 1.71 bits per heavy atom. The number of nitrogen functional groups attached to an aromatic ring is 1. The van der Waals surface area contributed by atoms with Crippen molar-refractivity contribution < 1.29 is 14.3 Å². The number of methoxy groups -OCH3 is 1. The summed E-state index contributed by atoms with van der Waals surface area (Å²) < 4.78 is 4.80. The highest BCUT2D eigenvalue weighted by Gasteiger charge is 2.22. The van der Waals surface area contributed by atoms with Crippen LogP contribution in [0.5, 0.6) is 0 Å². The van der Waals surface area contributed by atoms with Gasteiger partial charge in [-0.1, -0.05) is 12.1 Å². The molecule has 0 aliphatic heterocycles. The van der Waals surface area contributed by atoms with E-state index in [2.05, 4.69) is 10.6 Å². The van der Waals surface area contributed by atoms with Crippen molar-refractivity contribution in [1.29, 1.82) is 0 Å². The average molecular weight is 327 g/mol. The summed E-state index contributed by atoms with van der Waals surface area (Å²) in [6.45, 7) is 0. The van der Waals surface area contributed by atoms with Gasteiger partial charge in [-0.2, -0.15) is 0 Å². The van der Waals surface area contributed by atoms with Crippen LogP contribution in [0.3, 0.4) is 0 Å². The number of benzene rings is 2. The van der Waals surface area contributed by atoms with Crippen LogP contribution in [0.15, 0.2) is 48.5 Å². The number of anilines is 2. The minimum Gasteiger partial charge on any atom is -0.467 e. The Bertz CT molecular complexity index is 696. The standard InChI is InChI=1S/C18H21N3O3/c1-20-15-9-3-12(4-10-15)11-16(18(23)24-2)21-17(22)13-5-7-14(19)8-6-13/h3-10,16,20H,11,19H2,1-2H3,(H,21,22). The van der Waals surface area contributed by atoms with Crippen LogP contribution >= 0.6 is 0 Å². The Labute approximate surface area is 141 Å². The number of hydrogen-bond donors (Lipinski definition) is 3. The molecular weight excluding hydrogens is 306 g/mol. The quantitative estimate of drug-likeness (QED) is 0.556. The lowest BCUT2D eigenvalue weighted by molar-refractivity contribution is -0.142. The second kappa shape index (κ2) is 8.01. The molecule has 0 saturated carbocycles. The molecule has 1 atom stereocenters. The normalized spacial score (nSPS) is 11.4. The minimum absolute atomic E-state index is 0.345. The van der Waals surface area contributed by atoms with E-state index in [1.165, 1.54) is 7.11 Å². The fourth-order valence-electron chi connectivity index (χ4n) is 2.25. The van der Waals surface area contributed by atoms with Crippen LogP contribution in [0.4, 0.5) is 11.4 Å². The van der Waals surface area contributed by atoms with Crippen molar-refractivity contribution in [3.05, 3.63) is 59.7 Å². The smallest absolute Gasteiger partial charge is 0.328 e. The zero-order valence-electron chi connectivity index (χ0n) is 13.7. The highest BCUT2D eigenvalue weighted by atomic mass is 16.5. The third kappa shape index (κ3) is 4.49. The van der Waals surface area contributed by atoms with Gasteiger partial charge in [-0.15, -0.1) is 0 Å². The highest BCUT2D eigenvalue weighted by Crippen LogP contribution is 2.12. The fourth-order valence-corrected chi connectivity index (χ4v) is 2.25. The van der Waals surface area contributed by atoms with E-state index >= 15 is 0 Å². The Balaban J connectivity index is 2.11. The van der Waals surface area contributed by atoms with Crippen LogP contribution in [0.1, 0.15) is 15.9 Å². The van der Waals surface area contributed by atoms with Crippen LogP contribution < -0.4 is 16.4 Å². The third-order valence-corrected chi connectivity index (χ3v) is 3.65. The van der Waals surface area contributed by atoms with Gasteiger partial charge in [0, 0.05) is 30.4 Å². The van der Waals surface area contributed by atoms with Crippen LogP contribution in [0.25, 0.3) is 0 Å². The number of rotatable bonds is 6. The number of carbonyl (C=O) groups excluding carboxylic acids is 2. The molecule has 0 heterocycles. The molecule has 6 nitrogen and oxygen atoms in total. The molecule has 0 aromatic heterocycles. The second-order valence-electron chi connectivity index (χ2n) is 5.32. The molecule has 0 bridgehead atoms. The first-order valence-corrected chi connectivity index (χ1v) is 7.54. The predicted molar refractivity (Wildman–Crippen MR) is 93.8 cm³/mol. The van der Waals surface area contributed by atoms with E-state index < -0.39 is 12.0 Å². The van der Waals surface area contributed by atoms with Crippen molar-refractivity contribution in [2.24, 2.45) is 0 Å². The van der Waals surface area contributed by atoms with E-state index in [0.29, 0.717) is 17.7 Å². The summed E-state index contributed by atoms with van der Waals surface area (Å²) in [4.78, 5) is 24.3. The maximum atomic E-state index is 12.3. The second-order valence-corrected chi connectivity index (χ2v) is 5.32. The number of hydrogen-bond acceptors (Lipinski definition) is 5. The highest BCUT2D eigenvalue weighted by molar-refractivity contribution is 5.97. The van der Waals surface area contributed by atoms with E-state index in [0.717, 1.165) is 11.3 Å². The molecule has 4 N–H and O–H groups in total. The number of esters is 1. The average Bonchev–Trinajstić information content (AvgIpc) is 2.61. The van der Waals surface area contributed by atoms with Crippen molar-refractivity contribution >= 4 is 23.3 Å². The molecule has 1 unspecified atom stereocenters. The van der Waals surface area contributed by atoms with Crippen molar-refractivity contribution in [1.82, 2.24) is 5.32 Å². The van der Waals surface area contributed by atoms with E-state index in [-0.39, 0.29) is 5.91 Å². The molecule has 2 aromatic carbocycles. The molecule has 0 spiro atoms. The van der Waals surface area contributed by atoms with Gasteiger partial charge in [-0.25, -0.2) is 4.79 Å². The van der Waals surface area contributed by atoms with E-state index in [4.69, 9.17) is 10.5 Å². The Morgan fingerprint density at radius 1 is 1.08 bits per heavy atom. The summed E-state index contributed by atoms with van der Waals surface area (Å²) in [6, 6.07) is 13.4. The Morgan fingerprint density at radius 3 is 2.25 bits per heavy atom. The number of ether oxygens (including phenoxy) is 1. The van der Waals surface area contributed by atoms with Gasteiger partial charge < -0.3 is 21.1 Å². The molecule has 0 aliphatic rings. The minimum atomic E-state index is -0.763. The predicted octanol–water partition coefficient (Wildman–Crippen LogP) is 1.82. The summed E-state index contributed by atoms with van der Waals surface area (Å²) in [6.07, 6.45) is 0.345. The van der Waals surface area contributed by atoms with Gasteiger partial charge in [0.2, 0.25) is 0 Å². The number of carbonyl (C=O) groups is 2. The summed E-state index contributed by atoms with van der Waals surface area (Å²) >= 11 is 0. The molecular formula is C18H21N3O3. The van der Waals surface area contributed by atoms with Gasteiger partial charge in [-0.05, 0) is 42.0 Å². The maximum Gasteiger partial charge on any atom is 0.328 e. The van der Waals surface area contributed by atoms with Crippen molar-refractivity contribution in [3.8, 4) is 0 Å². The van der Waals surface area contributed by atoms with Crippen LogP contribution in [0, 0.1) is 0 Å². The lowest BCUT2D eigenvalue weighted by Gasteiger charge is -2.17. The lowest BCUT2D eigenvalue weighted by Crippen LogP contribution is -2.43. The number of nitrogens with two attached hydrogens (primary N) is 1. The fraction of sp³-hybridized carbons (Fsp3) is 0.222. The maximum absolute atomic E-state index is 12.3. The Kier molecular flexibility index (Phi) is 5.78. The molecule has 6 heteroatoms. The first kappa shape index (κ1) is 17.3. The first-order chi connectivity index (χ1) is 11.5. The lowest BCUT2D eigenvalue weighted by atomic mass is 10.0. The molecule has 2 rings (SSSR count). The van der Waals surface area contributed by atoms with E-state index in [9.17, 15) is 9.59 Å². The monoisotopic (exact) mass is 327 g/mol. The number of nitrogens with one attached hydrogen (secondary N) is 2. The summed E-state index contributed by atoms with van der Waals surface area (Å²) in [5, 5.41) is 5.74. The largest absolute Gasteiger partial charge is 0.467 e. The molecule has 0 fully saturated rings. The van der Waals surface area contributed by atoms with Gasteiger partial charge >= 0.3 is 5.97 Å². The van der Waals surface area contributed by atoms with Gasteiger partial charge in [-0.3, -0.25) is 4.79 Å². The molecule has 1 amide bonds. The molecule has 126 valence electrons. The third-order valence-electron chi connectivity index (χ3n) is 3.65. The summed E-state index contributed by atoms with van der Waals surface area (Å²) in [5.41, 5.74) is 8.51. The van der Waals surface area contributed by atoms with E-state index in [1.54, 1.807) is 24.3 Å². The van der Waals surface area contributed by atoms with Crippen LogP contribution in [-0.2, 0) is 16.0 Å². The molecule has 24 heavy (non-hydrogen) atoms. The van der Waals surface area contributed by atoms with Crippen LogP contribution in [0.2, 0.25) is 0 Å². The van der Waals surface area contributed by atoms with Gasteiger partial charge in [0.25, 0.3) is 5.91 Å². The SMILES string of the molecule is CNc1ccc(CC(NC(=O)c2ccc(N)cc2)C(=O)OC)cc1. The zero-order chi connectivity index (χ0) is 17.5. The van der Waals surface area contributed by atoms with Gasteiger partial charge in [0.05, 0.1) is 7.11 Å².